The molecule has 0 bridgehead atoms. The van der Waals surface area contributed by atoms with Gasteiger partial charge in [0.15, 0.2) is 0 Å². The van der Waals surface area contributed by atoms with Gasteiger partial charge in [0.25, 0.3) is 0 Å². The summed E-state index contributed by atoms with van der Waals surface area (Å²) in [5.41, 5.74) is 0. The van der Waals surface area contributed by atoms with Crippen LogP contribution in [0.1, 0.15) is 19.8 Å². The molecule has 1 aliphatic rings. The van der Waals surface area contributed by atoms with E-state index in [1.807, 2.05) is 0 Å². The van der Waals surface area contributed by atoms with Crippen molar-refractivity contribution in [3.05, 3.63) is 0 Å². The van der Waals surface area contributed by atoms with Gasteiger partial charge in [-0.15, -0.1) is 0 Å². The maximum absolute atomic E-state index is 4.41. The zero-order valence-electron chi connectivity index (χ0n) is 6.06. The Labute approximate surface area is 57.0 Å². The van der Waals surface area contributed by atoms with Gasteiger partial charge in [-0.3, -0.25) is 0 Å². The summed E-state index contributed by atoms with van der Waals surface area (Å²) in [7, 11) is 0. The van der Waals surface area contributed by atoms with Gasteiger partial charge >= 0.3 is 0 Å². The Morgan fingerprint density at radius 1 is 1.67 bits per heavy atom. The molecule has 1 unspecified atom stereocenters. The van der Waals surface area contributed by atoms with E-state index in [2.05, 4.69) is 17.6 Å². The standard InChI is InChI=1S/C7H15N2/c1-2-8-6-7-4-3-5-9-7/h7-8H,2-6H2,1H3. The molecule has 1 heterocycles. The molecular weight excluding hydrogens is 112 g/mol. The molecule has 9 heavy (non-hydrogen) atoms. The van der Waals surface area contributed by atoms with Crippen LogP contribution in [0.5, 0.6) is 0 Å². The van der Waals surface area contributed by atoms with E-state index in [9.17, 15) is 0 Å². The number of likely N-dealkylation sites (N-methyl/N-ethyl adjacent to an activating group) is 1. The lowest BCUT2D eigenvalue weighted by Crippen LogP contribution is -2.29. The lowest BCUT2D eigenvalue weighted by Gasteiger charge is -2.07. The number of hydrogen-bond donors (Lipinski definition) is 1. The highest BCUT2D eigenvalue weighted by molar-refractivity contribution is 4.74. The minimum Gasteiger partial charge on any atom is -0.315 e. The average Bonchev–Trinajstić information content (AvgIpc) is 2.34. The molecule has 1 atom stereocenters. The highest BCUT2D eigenvalue weighted by Crippen LogP contribution is 2.04. The van der Waals surface area contributed by atoms with Crippen LogP contribution in [0.25, 0.3) is 0 Å². The lowest BCUT2D eigenvalue weighted by atomic mass is 10.2. The van der Waals surface area contributed by atoms with Crippen molar-refractivity contribution in [3.8, 4) is 0 Å². The molecule has 0 spiro atoms. The van der Waals surface area contributed by atoms with Gasteiger partial charge in [0.2, 0.25) is 0 Å². The molecule has 1 saturated heterocycles. The molecule has 0 aromatic carbocycles. The molecule has 0 aromatic heterocycles. The van der Waals surface area contributed by atoms with Crippen LogP contribution < -0.4 is 10.6 Å². The first-order chi connectivity index (χ1) is 4.43. The van der Waals surface area contributed by atoms with Crippen molar-refractivity contribution in [1.29, 1.82) is 0 Å². The zero-order chi connectivity index (χ0) is 6.53. The van der Waals surface area contributed by atoms with Crippen LogP contribution in [0.15, 0.2) is 0 Å². The normalized spacial score (nSPS) is 27.0. The molecule has 0 aromatic rings. The molecule has 2 heteroatoms. The van der Waals surface area contributed by atoms with Crippen LogP contribution in [-0.2, 0) is 0 Å². The third-order valence-electron chi connectivity index (χ3n) is 1.71. The minimum atomic E-state index is 0.630. The van der Waals surface area contributed by atoms with Gasteiger partial charge in [0.1, 0.15) is 0 Å². The van der Waals surface area contributed by atoms with E-state index in [1.165, 1.54) is 12.8 Å². The van der Waals surface area contributed by atoms with E-state index in [0.717, 1.165) is 19.6 Å². The molecule has 0 amide bonds. The number of rotatable bonds is 3. The smallest absolute Gasteiger partial charge is 0.0371 e. The van der Waals surface area contributed by atoms with Gasteiger partial charge in [-0.2, -0.15) is 0 Å². The van der Waals surface area contributed by atoms with Crippen molar-refractivity contribution in [2.75, 3.05) is 19.6 Å². The predicted molar refractivity (Wildman–Crippen MR) is 38.6 cm³/mol. The van der Waals surface area contributed by atoms with Gasteiger partial charge < -0.3 is 5.32 Å². The molecule has 1 rings (SSSR count). The first kappa shape index (κ1) is 7.03. The summed E-state index contributed by atoms with van der Waals surface area (Å²) in [4.78, 5) is 0. The monoisotopic (exact) mass is 127 g/mol. The van der Waals surface area contributed by atoms with Crippen LogP contribution in [0.2, 0.25) is 0 Å². The number of nitrogens with zero attached hydrogens (tertiary/aromatic N) is 1. The van der Waals surface area contributed by atoms with Crippen LogP contribution in [0, 0.1) is 0 Å². The first-order valence-electron chi connectivity index (χ1n) is 3.81. The third kappa shape index (κ3) is 2.33. The third-order valence-corrected chi connectivity index (χ3v) is 1.71. The predicted octanol–water partition coefficient (Wildman–Crippen LogP) is 0.363. The Balaban J connectivity index is 1.98. The quantitative estimate of drug-likeness (QED) is 0.582. The summed E-state index contributed by atoms with van der Waals surface area (Å²) < 4.78 is 0. The summed E-state index contributed by atoms with van der Waals surface area (Å²) >= 11 is 0. The van der Waals surface area contributed by atoms with Crippen molar-refractivity contribution in [2.45, 2.75) is 25.8 Å². The van der Waals surface area contributed by atoms with E-state index >= 15 is 0 Å². The second-order valence-electron chi connectivity index (χ2n) is 2.51. The summed E-state index contributed by atoms with van der Waals surface area (Å²) in [6.07, 6.45) is 2.60. The van der Waals surface area contributed by atoms with E-state index in [0.29, 0.717) is 6.04 Å². The maximum Gasteiger partial charge on any atom is 0.0371 e. The molecule has 0 saturated carbocycles. The Kier molecular flexibility index (Phi) is 3.01. The topological polar surface area (TPSA) is 26.1 Å². The Bertz CT molecular complexity index is 67.3. The van der Waals surface area contributed by atoms with Gasteiger partial charge in [-0.25, -0.2) is 5.32 Å². The highest BCUT2D eigenvalue weighted by atomic mass is 15.0. The summed E-state index contributed by atoms with van der Waals surface area (Å²) in [6.45, 7) is 5.40. The lowest BCUT2D eigenvalue weighted by molar-refractivity contribution is 0.540. The Morgan fingerprint density at radius 2 is 2.56 bits per heavy atom. The average molecular weight is 127 g/mol. The maximum atomic E-state index is 4.41. The van der Waals surface area contributed by atoms with E-state index in [1.54, 1.807) is 0 Å². The molecule has 1 N–H and O–H groups in total. The van der Waals surface area contributed by atoms with Crippen molar-refractivity contribution < 1.29 is 0 Å². The number of nitrogens with one attached hydrogen (secondary N) is 1. The Hall–Kier alpha value is -0.0800. The molecule has 0 aliphatic carbocycles. The number of hydrogen-bond acceptors (Lipinski definition) is 1. The fraction of sp³-hybridized carbons (Fsp3) is 1.00. The summed E-state index contributed by atoms with van der Waals surface area (Å²) in [5, 5.41) is 7.71. The highest BCUT2D eigenvalue weighted by Gasteiger charge is 2.13. The molecular formula is C7H15N2. The van der Waals surface area contributed by atoms with Crippen LogP contribution in [-0.4, -0.2) is 25.7 Å². The van der Waals surface area contributed by atoms with Gasteiger partial charge in [-0.05, 0) is 19.4 Å². The van der Waals surface area contributed by atoms with E-state index in [4.69, 9.17) is 0 Å². The van der Waals surface area contributed by atoms with Gasteiger partial charge in [0.05, 0.1) is 0 Å². The van der Waals surface area contributed by atoms with Crippen molar-refractivity contribution in [3.63, 3.8) is 0 Å². The molecule has 1 aliphatic heterocycles. The van der Waals surface area contributed by atoms with Crippen molar-refractivity contribution >= 4 is 0 Å². The molecule has 1 radical (unpaired) electrons. The largest absolute Gasteiger partial charge is 0.315 e. The molecule has 2 nitrogen and oxygen atoms in total. The zero-order valence-corrected chi connectivity index (χ0v) is 6.06. The van der Waals surface area contributed by atoms with Crippen LogP contribution in [0.4, 0.5) is 0 Å². The van der Waals surface area contributed by atoms with Gasteiger partial charge in [0, 0.05) is 19.1 Å². The fourth-order valence-electron chi connectivity index (χ4n) is 1.17. The second kappa shape index (κ2) is 3.85. The summed E-state index contributed by atoms with van der Waals surface area (Å²) in [5.74, 6) is 0. The Morgan fingerprint density at radius 3 is 3.11 bits per heavy atom. The van der Waals surface area contributed by atoms with E-state index in [-0.39, 0.29) is 0 Å². The first-order valence-corrected chi connectivity index (χ1v) is 3.81. The van der Waals surface area contributed by atoms with Crippen LogP contribution in [0.3, 0.4) is 0 Å². The fourth-order valence-corrected chi connectivity index (χ4v) is 1.17. The SMILES string of the molecule is CCNCC1CCC[N]1. The molecule has 1 fully saturated rings. The van der Waals surface area contributed by atoms with Gasteiger partial charge in [-0.1, -0.05) is 6.92 Å². The minimum absolute atomic E-state index is 0.630. The second-order valence-corrected chi connectivity index (χ2v) is 2.51. The molecule has 53 valence electrons. The van der Waals surface area contributed by atoms with Crippen molar-refractivity contribution in [2.24, 2.45) is 0 Å². The van der Waals surface area contributed by atoms with Crippen LogP contribution >= 0.6 is 0 Å². The summed E-state index contributed by atoms with van der Waals surface area (Å²) in [6, 6.07) is 0.630. The van der Waals surface area contributed by atoms with Crippen molar-refractivity contribution in [1.82, 2.24) is 10.6 Å². The van der Waals surface area contributed by atoms with E-state index < -0.39 is 0 Å².